The Morgan fingerprint density at radius 2 is 2.00 bits per heavy atom. The molecule has 5 rings (SSSR count). The Labute approximate surface area is 178 Å². The average molecular weight is 415 g/mol. The molecule has 2 N–H and O–H groups in total. The maximum Gasteiger partial charge on any atom is 0.267 e. The zero-order valence-electron chi connectivity index (χ0n) is 17.2. The lowest BCUT2D eigenvalue weighted by atomic mass is 10.1. The fourth-order valence-electron chi connectivity index (χ4n) is 3.90. The van der Waals surface area contributed by atoms with Gasteiger partial charge < -0.3 is 24.7 Å². The second-order valence-corrected chi connectivity index (χ2v) is 7.35. The van der Waals surface area contributed by atoms with Crippen molar-refractivity contribution in [1.29, 1.82) is 0 Å². The molecule has 0 spiro atoms. The molecule has 8 nitrogen and oxygen atoms in total. The fraction of sp³-hybridized carbons (Fsp3) is 0.174. The molecule has 0 saturated heterocycles. The number of anilines is 2. The minimum Gasteiger partial charge on any atom is -0.495 e. The maximum atomic E-state index is 13.2. The van der Waals surface area contributed by atoms with Gasteiger partial charge in [-0.2, -0.15) is 0 Å². The summed E-state index contributed by atoms with van der Waals surface area (Å²) in [4.78, 5) is 22.8. The number of aromatic nitrogens is 3. The summed E-state index contributed by atoms with van der Waals surface area (Å²) in [6.45, 7) is 2.73. The van der Waals surface area contributed by atoms with Gasteiger partial charge in [-0.25, -0.2) is 9.97 Å². The van der Waals surface area contributed by atoms with E-state index in [0.29, 0.717) is 13.2 Å². The molecular weight excluding hydrogens is 394 g/mol. The summed E-state index contributed by atoms with van der Waals surface area (Å²) in [5.74, 6) is 0.859. The van der Waals surface area contributed by atoms with E-state index in [-0.39, 0.29) is 23.2 Å². The Hall–Kier alpha value is -4.07. The molecule has 1 aliphatic rings. The number of amides is 1. The molecule has 0 bridgehead atoms. The first-order valence-electron chi connectivity index (χ1n) is 9.88. The van der Waals surface area contributed by atoms with E-state index in [4.69, 9.17) is 15.2 Å². The third-order valence-corrected chi connectivity index (χ3v) is 5.43. The van der Waals surface area contributed by atoms with Crippen molar-refractivity contribution in [2.45, 2.75) is 6.92 Å². The maximum absolute atomic E-state index is 13.2. The van der Waals surface area contributed by atoms with Gasteiger partial charge in [-0.15, -0.1) is 0 Å². The first kappa shape index (κ1) is 18.9. The van der Waals surface area contributed by atoms with E-state index < -0.39 is 0 Å². The third kappa shape index (κ3) is 3.13. The van der Waals surface area contributed by atoms with Crippen LogP contribution in [-0.4, -0.2) is 40.7 Å². The predicted octanol–water partition coefficient (Wildman–Crippen LogP) is 3.36. The lowest BCUT2D eigenvalue weighted by Gasteiger charge is -2.20. The van der Waals surface area contributed by atoms with Crippen LogP contribution in [-0.2, 0) is 0 Å². The molecule has 8 heteroatoms. The Kier molecular flexibility index (Phi) is 4.47. The summed E-state index contributed by atoms with van der Waals surface area (Å²) >= 11 is 0. The number of methoxy groups -OCH3 is 1. The number of aryl methyl sites for hydroxylation is 1. The predicted molar refractivity (Wildman–Crippen MR) is 118 cm³/mol. The number of ether oxygens (including phenoxy) is 2. The normalized spacial score (nSPS) is 13.6. The second kappa shape index (κ2) is 7.32. The van der Waals surface area contributed by atoms with Gasteiger partial charge in [0.25, 0.3) is 5.91 Å². The minimum absolute atomic E-state index is 0.112. The van der Waals surface area contributed by atoms with Crippen molar-refractivity contribution in [2.75, 3.05) is 30.9 Å². The summed E-state index contributed by atoms with van der Waals surface area (Å²) in [5.41, 5.74) is 9.98. The molecule has 0 aliphatic carbocycles. The summed E-state index contributed by atoms with van der Waals surface area (Å²) in [6.07, 6.45) is 3.29. The lowest BCUT2D eigenvalue weighted by molar-refractivity contribution is 0.0990. The van der Waals surface area contributed by atoms with Crippen LogP contribution in [0.2, 0.25) is 0 Å². The van der Waals surface area contributed by atoms with Gasteiger partial charge in [0.2, 0.25) is 5.88 Å². The van der Waals surface area contributed by atoms with Crippen molar-refractivity contribution >= 4 is 28.3 Å². The zero-order valence-corrected chi connectivity index (χ0v) is 17.2. The van der Waals surface area contributed by atoms with Crippen LogP contribution < -0.4 is 20.1 Å². The van der Waals surface area contributed by atoms with Crippen molar-refractivity contribution in [2.24, 2.45) is 0 Å². The van der Waals surface area contributed by atoms with Crippen molar-refractivity contribution in [3.05, 3.63) is 66.1 Å². The Morgan fingerprint density at radius 1 is 1.13 bits per heavy atom. The quantitative estimate of drug-likeness (QED) is 0.551. The average Bonchev–Trinajstić information content (AvgIpc) is 3.11. The molecule has 2 aromatic heterocycles. The van der Waals surface area contributed by atoms with E-state index in [1.54, 1.807) is 12.0 Å². The molecule has 31 heavy (non-hydrogen) atoms. The molecule has 1 aliphatic heterocycles. The Balaban J connectivity index is 1.56. The van der Waals surface area contributed by atoms with Crippen LogP contribution in [0.15, 0.2) is 55.0 Å². The number of nitrogens with zero attached hydrogens (tertiary/aromatic N) is 4. The SMILES string of the molecule is COc1cc(C)ccc1-n1ccc2cc(N3CCOc4ncnc(N)c4C3=O)ccc21. The number of hydrogen-bond acceptors (Lipinski definition) is 6. The van der Waals surface area contributed by atoms with Crippen LogP contribution in [0.4, 0.5) is 11.5 Å². The van der Waals surface area contributed by atoms with Gasteiger partial charge >= 0.3 is 0 Å². The Bertz CT molecular complexity index is 1310. The summed E-state index contributed by atoms with van der Waals surface area (Å²) in [6, 6.07) is 14.0. The van der Waals surface area contributed by atoms with Crippen LogP contribution in [0, 0.1) is 6.92 Å². The zero-order chi connectivity index (χ0) is 21.5. The van der Waals surface area contributed by atoms with Gasteiger partial charge in [0.1, 0.15) is 30.1 Å². The largest absolute Gasteiger partial charge is 0.495 e. The summed E-state index contributed by atoms with van der Waals surface area (Å²) in [7, 11) is 1.67. The molecule has 0 saturated carbocycles. The van der Waals surface area contributed by atoms with Crippen molar-refractivity contribution in [3.8, 4) is 17.3 Å². The van der Waals surface area contributed by atoms with Crippen LogP contribution in [0.3, 0.4) is 0 Å². The van der Waals surface area contributed by atoms with Gasteiger partial charge in [0.15, 0.2) is 0 Å². The number of benzene rings is 2. The van der Waals surface area contributed by atoms with Crippen LogP contribution >= 0.6 is 0 Å². The van der Waals surface area contributed by atoms with E-state index in [2.05, 4.69) is 20.6 Å². The van der Waals surface area contributed by atoms with Gasteiger partial charge in [0, 0.05) is 17.3 Å². The molecule has 2 aromatic carbocycles. The second-order valence-electron chi connectivity index (χ2n) is 7.35. The molecule has 0 radical (unpaired) electrons. The highest BCUT2D eigenvalue weighted by Gasteiger charge is 2.29. The molecule has 0 unspecified atom stereocenters. The minimum atomic E-state index is -0.274. The standard InChI is InChI=1S/C23H21N5O3/c1-14-3-5-18(19(11-14)30-2)28-8-7-15-12-16(4-6-17(15)28)27-9-10-31-22-20(23(27)29)21(24)25-13-26-22/h3-8,11-13H,9-10H2,1-2H3,(H2,24,25,26). The van der Waals surface area contributed by atoms with Crippen LogP contribution in [0.5, 0.6) is 11.6 Å². The van der Waals surface area contributed by atoms with E-state index in [0.717, 1.165) is 33.6 Å². The van der Waals surface area contributed by atoms with Crippen LogP contribution in [0.25, 0.3) is 16.6 Å². The number of nitrogens with two attached hydrogens (primary N) is 1. The number of rotatable bonds is 3. The number of carbonyl (C=O) groups is 1. The van der Waals surface area contributed by atoms with E-state index in [9.17, 15) is 4.79 Å². The van der Waals surface area contributed by atoms with Gasteiger partial charge in [0.05, 0.1) is 24.9 Å². The highest BCUT2D eigenvalue weighted by Crippen LogP contribution is 2.32. The first-order chi connectivity index (χ1) is 15.1. The van der Waals surface area contributed by atoms with E-state index >= 15 is 0 Å². The van der Waals surface area contributed by atoms with Crippen molar-refractivity contribution in [3.63, 3.8) is 0 Å². The topological polar surface area (TPSA) is 95.5 Å². The first-order valence-corrected chi connectivity index (χ1v) is 9.88. The molecule has 156 valence electrons. The van der Waals surface area contributed by atoms with Crippen LogP contribution in [0.1, 0.15) is 15.9 Å². The number of nitrogen functional groups attached to an aromatic ring is 1. The smallest absolute Gasteiger partial charge is 0.267 e. The van der Waals surface area contributed by atoms with Crippen molar-refractivity contribution in [1.82, 2.24) is 14.5 Å². The molecule has 1 amide bonds. The fourth-order valence-corrected chi connectivity index (χ4v) is 3.90. The molecule has 3 heterocycles. The lowest BCUT2D eigenvalue weighted by Crippen LogP contribution is -2.32. The summed E-state index contributed by atoms with van der Waals surface area (Å²) < 4.78 is 13.3. The molecular formula is C23H21N5O3. The van der Waals surface area contributed by atoms with Gasteiger partial charge in [-0.1, -0.05) is 6.07 Å². The van der Waals surface area contributed by atoms with Gasteiger partial charge in [-0.05, 0) is 48.9 Å². The highest BCUT2D eigenvalue weighted by atomic mass is 16.5. The summed E-state index contributed by atoms with van der Waals surface area (Å²) in [5, 5.41) is 0.996. The monoisotopic (exact) mass is 415 g/mol. The van der Waals surface area contributed by atoms with Gasteiger partial charge in [-0.3, -0.25) is 4.79 Å². The van der Waals surface area contributed by atoms with E-state index in [1.165, 1.54) is 6.33 Å². The third-order valence-electron chi connectivity index (χ3n) is 5.43. The molecule has 0 fully saturated rings. The highest BCUT2D eigenvalue weighted by molar-refractivity contribution is 6.11. The number of hydrogen-bond donors (Lipinski definition) is 1. The molecule has 0 atom stereocenters. The number of fused-ring (bicyclic) bond motifs is 2. The van der Waals surface area contributed by atoms with Crippen molar-refractivity contribution < 1.29 is 14.3 Å². The Morgan fingerprint density at radius 3 is 2.84 bits per heavy atom. The van der Waals surface area contributed by atoms with E-state index in [1.807, 2.05) is 49.5 Å². The number of carbonyl (C=O) groups excluding carboxylic acids is 1. The molecule has 4 aromatic rings.